The number of ether oxygens (including phenoxy) is 1. The van der Waals surface area contributed by atoms with Gasteiger partial charge in [0.05, 0.1) is 19.8 Å². The molecule has 0 radical (unpaired) electrons. The van der Waals surface area contributed by atoms with Gasteiger partial charge in [0.1, 0.15) is 5.25 Å². The smallest absolute Gasteiger partial charge is 0.317 e. The highest BCUT2D eigenvalue weighted by Crippen LogP contribution is 2.28. The molecular weight excluding hydrogens is 356 g/mol. The molecule has 1 fully saturated rings. The Kier molecular flexibility index (Phi) is 6.48. The van der Waals surface area contributed by atoms with Gasteiger partial charge in [0, 0.05) is 19.7 Å². The topological polar surface area (TPSA) is 101 Å². The molecule has 9 heteroatoms. The lowest BCUT2D eigenvalue weighted by molar-refractivity contribution is -0.136. The second kappa shape index (κ2) is 9.02. The zero-order valence-electron chi connectivity index (χ0n) is 14.3. The molecule has 1 atom stereocenters. The molecule has 0 amide bonds. The lowest BCUT2D eigenvalue weighted by atomic mass is 10.2. The summed E-state index contributed by atoms with van der Waals surface area (Å²) in [6.07, 6.45) is 0.158. The highest BCUT2D eigenvalue weighted by molar-refractivity contribution is 8.00. The van der Waals surface area contributed by atoms with Crippen LogP contribution in [0.2, 0.25) is 0 Å². The molecule has 1 aromatic carbocycles. The minimum absolute atomic E-state index is 0.158. The second-order valence-electron chi connectivity index (χ2n) is 5.91. The number of benzene rings is 1. The Morgan fingerprint density at radius 3 is 2.62 bits per heavy atom. The van der Waals surface area contributed by atoms with Gasteiger partial charge >= 0.3 is 5.97 Å². The van der Waals surface area contributed by atoms with Gasteiger partial charge in [-0.05, 0) is 12.0 Å². The van der Waals surface area contributed by atoms with Crippen LogP contribution in [0.25, 0.3) is 0 Å². The Hall–Kier alpha value is -2.10. The van der Waals surface area contributed by atoms with Crippen molar-refractivity contribution in [2.45, 2.75) is 23.4 Å². The standard InChI is InChI=1S/C17H22N4O4S/c22-9-6-14(15(23)24)26-17-19-18-16(20-7-10-25-11-8-20)21(17)12-13-4-2-1-3-5-13/h1-5,14,22H,6-12H2,(H,23,24). The van der Waals surface area contributed by atoms with Gasteiger partial charge in [-0.1, -0.05) is 42.1 Å². The Morgan fingerprint density at radius 2 is 1.96 bits per heavy atom. The van der Waals surface area contributed by atoms with Crippen LogP contribution in [0, 0.1) is 0 Å². The lowest BCUT2D eigenvalue weighted by Gasteiger charge is -2.28. The van der Waals surface area contributed by atoms with E-state index in [-0.39, 0.29) is 13.0 Å². The number of anilines is 1. The van der Waals surface area contributed by atoms with Crippen LogP contribution < -0.4 is 4.90 Å². The van der Waals surface area contributed by atoms with Crippen LogP contribution in [0.4, 0.5) is 5.95 Å². The van der Waals surface area contributed by atoms with Gasteiger partial charge in [0.15, 0.2) is 5.16 Å². The number of thioether (sulfide) groups is 1. The van der Waals surface area contributed by atoms with Crippen molar-refractivity contribution >= 4 is 23.7 Å². The van der Waals surface area contributed by atoms with Gasteiger partial charge in [-0.3, -0.25) is 9.36 Å². The summed E-state index contributed by atoms with van der Waals surface area (Å²) in [6, 6.07) is 9.91. The summed E-state index contributed by atoms with van der Waals surface area (Å²) in [6.45, 7) is 3.06. The Balaban J connectivity index is 1.89. The normalized spacial score (nSPS) is 15.8. The largest absolute Gasteiger partial charge is 0.480 e. The molecule has 140 valence electrons. The zero-order chi connectivity index (χ0) is 18.4. The molecule has 1 aromatic heterocycles. The number of morpholine rings is 1. The molecule has 1 aliphatic heterocycles. The predicted octanol–water partition coefficient (Wildman–Crippen LogP) is 1.09. The molecule has 0 aliphatic carbocycles. The third-order valence-corrected chi connectivity index (χ3v) is 5.32. The summed E-state index contributed by atoms with van der Waals surface area (Å²) < 4.78 is 7.35. The zero-order valence-corrected chi connectivity index (χ0v) is 15.1. The van der Waals surface area contributed by atoms with E-state index < -0.39 is 11.2 Å². The number of aliphatic hydroxyl groups is 1. The number of nitrogens with zero attached hydrogens (tertiary/aromatic N) is 4. The van der Waals surface area contributed by atoms with Gasteiger partial charge in [-0.15, -0.1) is 10.2 Å². The van der Waals surface area contributed by atoms with E-state index in [0.717, 1.165) is 30.4 Å². The molecule has 8 nitrogen and oxygen atoms in total. The van der Waals surface area contributed by atoms with Crippen molar-refractivity contribution in [1.82, 2.24) is 14.8 Å². The van der Waals surface area contributed by atoms with Gasteiger partial charge in [-0.25, -0.2) is 0 Å². The fourth-order valence-electron chi connectivity index (χ4n) is 2.75. The first-order valence-corrected chi connectivity index (χ1v) is 9.37. The van der Waals surface area contributed by atoms with Gasteiger partial charge in [0.2, 0.25) is 5.95 Å². The van der Waals surface area contributed by atoms with E-state index in [2.05, 4.69) is 15.1 Å². The maximum atomic E-state index is 11.5. The van der Waals surface area contributed by atoms with Crippen molar-refractivity contribution in [3.8, 4) is 0 Å². The fourth-order valence-corrected chi connectivity index (χ4v) is 3.69. The number of aromatic nitrogens is 3. The van der Waals surface area contributed by atoms with E-state index in [4.69, 9.17) is 9.84 Å². The quantitative estimate of drug-likeness (QED) is 0.659. The number of carbonyl (C=O) groups is 1. The number of aliphatic carboxylic acids is 1. The summed E-state index contributed by atoms with van der Waals surface area (Å²) in [5, 5.41) is 26.8. The first-order chi connectivity index (χ1) is 12.7. The molecule has 0 saturated carbocycles. The Morgan fingerprint density at radius 1 is 1.23 bits per heavy atom. The maximum absolute atomic E-state index is 11.5. The highest BCUT2D eigenvalue weighted by Gasteiger charge is 2.25. The molecule has 2 heterocycles. The SMILES string of the molecule is O=C(O)C(CCO)Sc1nnc(N2CCOCC2)n1Cc1ccccc1. The Bertz CT molecular complexity index is 719. The van der Waals surface area contributed by atoms with Crippen LogP contribution >= 0.6 is 11.8 Å². The van der Waals surface area contributed by atoms with Crippen LogP contribution in [0.1, 0.15) is 12.0 Å². The molecule has 2 aromatic rings. The average Bonchev–Trinajstić information content (AvgIpc) is 3.05. The van der Waals surface area contributed by atoms with Gasteiger partial charge < -0.3 is 19.8 Å². The summed E-state index contributed by atoms with van der Waals surface area (Å²) >= 11 is 1.12. The summed E-state index contributed by atoms with van der Waals surface area (Å²) in [5.74, 6) is -0.251. The first-order valence-electron chi connectivity index (χ1n) is 8.49. The molecule has 2 N–H and O–H groups in total. The fraction of sp³-hybridized carbons (Fsp3) is 0.471. The number of rotatable bonds is 8. The molecule has 1 saturated heterocycles. The van der Waals surface area contributed by atoms with Crippen molar-refractivity contribution in [3.63, 3.8) is 0 Å². The highest BCUT2D eigenvalue weighted by atomic mass is 32.2. The van der Waals surface area contributed by atoms with Crippen molar-refractivity contribution in [3.05, 3.63) is 35.9 Å². The predicted molar refractivity (Wildman–Crippen MR) is 97.6 cm³/mol. The van der Waals surface area contributed by atoms with E-state index in [1.807, 2.05) is 34.9 Å². The van der Waals surface area contributed by atoms with Gasteiger partial charge in [0.25, 0.3) is 0 Å². The van der Waals surface area contributed by atoms with Crippen molar-refractivity contribution in [2.75, 3.05) is 37.8 Å². The van der Waals surface area contributed by atoms with E-state index in [0.29, 0.717) is 30.9 Å². The lowest BCUT2D eigenvalue weighted by Crippen LogP contribution is -2.38. The molecular formula is C17H22N4O4S. The van der Waals surface area contributed by atoms with Crippen LogP contribution in [0.15, 0.2) is 35.5 Å². The number of hydrogen-bond donors (Lipinski definition) is 2. The third kappa shape index (κ3) is 4.54. The van der Waals surface area contributed by atoms with Crippen molar-refractivity contribution < 1.29 is 19.7 Å². The second-order valence-corrected chi connectivity index (χ2v) is 7.08. The number of hydrogen-bond acceptors (Lipinski definition) is 7. The van der Waals surface area contributed by atoms with E-state index in [1.165, 1.54) is 0 Å². The molecule has 1 unspecified atom stereocenters. The van der Waals surface area contributed by atoms with E-state index in [1.54, 1.807) is 0 Å². The summed E-state index contributed by atoms with van der Waals surface area (Å²) in [5.41, 5.74) is 1.08. The van der Waals surface area contributed by atoms with Gasteiger partial charge in [-0.2, -0.15) is 0 Å². The minimum atomic E-state index is -0.966. The summed E-state index contributed by atoms with van der Waals surface area (Å²) in [7, 11) is 0. The molecule has 3 rings (SSSR count). The van der Waals surface area contributed by atoms with E-state index >= 15 is 0 Å². The number of carboxylic acid groups (broad SMARTS) is 1. The third-order valence-electron chi connectivity index (χ3n) is 4.09. The summed E-state index contributed by atoms with van der Waals surface area (Å²) in [4.78, 5) is 13.6. The molecule has 0 spiro atoms. The minimum Gasteiger partial charge on any atom is -0.480 e. The molecule has 1 aliphatic rings. The van der Waals surface area contributed by atoms with Crippen molar-refractivity contribution in [1.29, 1.82) is 0 Å². The van der Waals surface area contributed by atoms with Crippen LogP contribution in [-0.4, -0.2) is 69.1 Å². The number of carboxylic acids is 1. The first kappa shape index (κ1) is 18.7. The average molecular weight is 378 g/mol. The number of aliphatic hydroxyl groups excluding tert-OH is 1. The van der Waals surface area contributed by atoms with E-state index in [9.17, 15) is 9.90 Å². The van der Waals surface area contributed by atoms with Crippen LogP contribution in [0.3, 0.4) is 0 Å². The molecule has 0 bridgehead atoms. The molecule has 26 heavy (non-hydrogen) atoms. The Labute approximate surface area is 155 Å². The van der Waals surface area contributed by atoms with Crippen LogP contribution in [-0.2, 0) is 16.1 Å². The monoisotopic (exact) mass is 378 g/mol. The van der Waals surface area contributed by atoms with Crippen LogP contribution in [0.5, 0.6) is 0 Å². The van der Waals surface area contributed by atoms with Crippen molar-refractivity contribution in [2.24, 2.45) is 0 Å². The maximum Gasteiger partial charge on any atom is 0.317 e.